The van der Waals surface area contributed by atoms with E-state index in [4.69, 9.17) is 15.5 Å². The van der Waals surface area contributed by atoms with Gasteiger partial charge in [-0.15, -0.1) is 5.10 Å². The fourth-order valence-electron chi connectivity index (χ4n) is 4.69. The van der Waals surface area contributed by atoms with Crippen LogP contribution in [0, 0.1) is 0 Å². The maximum Gasteiger partial charge on any atom is 0.409 e. The molecule has 3 aromatic rings. The van der Waals surface area contributed by atoms with Crippen LogP contribution in [0.15, 0.2) is 30.5 Å². The number of hydrogen-bond donors (Lipinski definition) is 2. The van der Waals surface area contributed by atoms with Crippen LogP contribution in [-0.2, 0) is 17.6 Å². The first-order chi connectivity index (χ1) is 17.6. The Kier molecular flexibility index (Phi) is 7.15. The number of fused-ring (bicyclic) bond motifs is 1. The van der Waals surface area contributed by atoms with Crippen molar-refractivity contribution in [1.29, 1.82) is 0 Å². The molecule has 2 aromatic heterocycles. The largest absolute Gasteiger partial charge is 0.450 e. The number of carbonyl (C=O) groups excluding carboxylic acids is 1. The number of nitrogens with zero attached hydrogens (tertiary/aromatic N) is 7. The number of anilines is 4. The van der Waals surface area contributed by atoms with Crippen molar-refractivity contribution >= 4 is 29.4 Å². The topological polar surface area (TPSA) is 127 Å². The second-order valence-corrected chi connectivity index (χ2v) is 9.11. The molecule has 0 spiro atoms. The van der Waals surface area contributed by atoms with Gasteiger partial charge in [-0.3, -0.25) is 0 Å². The summed E-state index contributed by atoms with van der Waals surface area (Å²) in [5, 5.41) is 7.72. The van der Waals surface area contributed by atoms with Crippen molar-refractivity contribution in [1.82, 2.24) is 29.6 Å². The highest BCUT2D eigenvalue weighted by Gasteiger charge is 2.22. The van der Waals surface area contributed by atoms with E-state index in [0.29, 0.717) is 31.6 Å². The molecule has 1 fully saturated rings. The smallest absolute Gasteiger partial charge is 0.409 e. The minimum absolute atomic E-state index is 0.236. The summed E-state index contributed by atoms with van der Waals surface area (Å²) in [6, 6.07) is 8.04. The summed E-state index contributed by atoms with van der Waals surface area (Å²) >= 11 is 0. The summed E-state index contributed by atoms with van der Waals surface area (Å²) in [5.41, 5.74) is 10.4. The van der Waals surface area contributed by atoms with Crippen molar-refractivity contribution in [3.63, 3.8) is 0 Å². The Bertz CT molecular complexity index is 1190. The lowest BCUT2D eigenvalue weighted by atomic mass is 9.98. The number of carbonyl (C=O) groups is 1. The summed E-state index contributed by atoms with van der Waals surface area (Å²) in [7, 11) is 0. The number of hydrogen-bond acceptors (Lipinski definition) is 9. The third-order valence-electron chi connectivity index (χ3n) is 6.67. The van der Waals surface area contributed by atoms with Crippen LogP contribution in [0.1, 0.15) is 43.9 Å². The molecule has 5 rings (SSSR count). The number of piperazine rings is 1. The van der Waals surface area contributed by atoms with Crippen molar-refractivity contribution in [3.8, 4) is 5.95 Å². The number of nitrogen functional groups attached to an aromatic ring is 1. The fraction of sp³-hybridized carbons (Fsp3) is 0.480. The van der Waals surface area contributed by atoms with E-state index in [1.165, 1.54) is 29.5 Å². The van der Waals surface area contributed by atoms with Gasteiger partial charge in [0.25, 0.3) is 5.95 Å². The standard InChI is InChI=1S/C25H33N9O2/c1-2-36-25(35)33-15-13-32(14-16-33)20-11-9-19(10-12-20)28-23-30-22(26)34(31-23)24-27-17-18-7-5-3-4-6-8-21(18)29-24/h9-12,17H,2-8,13-16H2,1H3,(H3,26,28,30,31). The molecular weight excluding hydrogens is 458 g/mol. The van der Waals surface area contributed by atoms with Gasteiger partial charge in [0, 0.05) is 49.4 Å². The lowest BCUT2D eigenvalue weighted by Crippen LogP contribution is -2.49. The van der Waals surface area contributed by atoms with Crippen LogP contribution in [0.25, 0.3) is 5.95 Å². The van der Waals surface area contributed by atoms with Crippen LogP contribution in [0.2, 0.25) is 0 Å². The van der Waals surface area contributed by atoms with Crippen molar-refractivity contribution < 1.29 is 9.53 Å². The van der Waals surface area contributed by atoms with Crippen LogP contribution in [0.3, 0.4) is 0 Å². The van der Waals surface area contributed by atoms with Gasteiger partial charge in [0.2, 0.25) is 11.9 Å². The molecule has 190 valence electrons. The molecule has 3 N–H and O–H groups in total. The Hall–Kier alpha value is -3.89. The van der Waals surface area contributed by atoms with Crippen molar-refractivity contribution in [2.24, 2.45) is 0 Å². The number of rotatable bonds is 5. The molecule has 1 aliphatic carbocycles. The normalized spacial score (nSPS) is 16.1. The number of ether oxygens (including phenoxy) is 1. The van der Waals surface area contributed by atoms with Crippen LogP contribution in [0.4, 0.5) is 28.1 Å². The first kappa shape index (κ1) is 23.8. The van der Waals surface area contributed by atoms with Crippen LogP contribution in [-0.4, -0.2) is 68.5 Å². The summed E-state index contributed by atoms with van der Waals surface area (Å²) in [4.78, 5) is 29.5. The Labute approximate surface area is 210 Å². The molecule has 3 heterocycles. The van der Waals surface area contributed by atoms with Crippen molar-refractivity contribution in [2.45, 2.75) is 45.4 Å². The van der Waals surface area contributed by atoms with E-state index < -0.39 is 0 Å². The lowest BCUT2D eigenvalue weighted by Gasteiger charge is -2.35. The second kappa shape index (κ2) is 10.8. The number of amides is 1. The number of aromatic nitrogens is 5. The Morgan fingerprint density at radius 2 is 1.78 bits per heavy atom. The van der Waals surface area contributed by atoms with Gasteiger partial charge in [-0.2, -0.15) is 9.67 Å². The molecule has 1 aliphatic heterocycles. The SMILES string of the molecule is CCOC(=O)N1CCN(c2ccc(Nc3nc(N)n(-c4ncc5c(n4)CCCCCC5)n3)cc2)CC1. The van der Waals surface area contributed by atoms with E-state index in [2.05, 4.69) is 25.3 Å². The van der Waals surface area contributed by atoms with Gasteiger partial charge in [-0.25, -0.2) is 14.8 Å². The van der Waals surface area contributed by atoms with Crippen LogP contribution < -0.4 is 16.0 Å². The van der Waals surface area contributed by atoms with E-state index in [1.807, 2.05) is 37.4 Å². The molecule has 11 nitrogen and oxygen atoms in total. The molecule has 0 atom stereocenters. The van der Waals surface area contributed by atoms with Gasteiger partial charge >= 0.3 is 6.09 Å². The monoisotopic (exact) mass is 491 g/mol. The molecule has 1 saturated heterocycles. The van der Waals surface area contributed by atoms with E-state index in [9.17, 15) is 4.79 Å². The quantitative estimate of drug-likeness (QED) is 0.552. The van der Waals surface area contributed by atoms with E-state index in [-0.39, 0.29) is 12.0 Å². The molecule has 11 heteroatoms. The molecule has 0 bridgehead atoms. The number of nitrogens with two attached hydrogens (primary N) is 1. The zero-order valence-electron chi connectivity index (χ0n) is 20.7. The predicted octanol–water partition coefficient (Wildman–Crippen LogP) is 3.32. The third-order valence-corrected chi connectivity index (χ3v) is 6.67. The molecule has 0 radical (unpaired) electrons. The zero-order chi connectivity index (χ0) is 24.9. The summed E-state index contributed by atoms with van der Waals surface area (Å²) < 4.78 is 6.58. The highest BCUT2D eigenvalue weighted by atomic mass is 16.6. The molecule has 0 saturated carbocycles. The van der Waals surface area contributed by atoms with Gasteiger partial charge in [-0.1, -0.05) is 12.8 Å². The van der Waals surface area contributed by atoms with E-state index in [0.717, 1.165) is 49.4 Å². The molecule has 1 aromatic carbocycles. The molecule has 2 aliphatic rings. The first-order valence-electron chi connectivity index (χ1n) is 12.7. The third kappa shape index (κ3) is 5.34. The minimum Gasteiger partial charge on any atom is -0.450 e. The maximum absolute atomic E-state index is 11.9. The molecular formula is C25H33N9O2. The average molecular weight is 492 g/mol. The molecule has 1 amide bonds. The van der Waals surface area contributed by atoms with E-state index >= 15 is 0 Å². The Balaban J connectivity index is 1.23. The summed E-state index contributed by atoms with van der Waals surface area (Å²) in [5.74, 6) is 1.07. The maximum atomic E-state index is 11.9. The second-order valence-electron chi connectivity index (χ2n) is 9.11. The van der Waals surface area contributed by atoms with Gasteiger partial charge in [0.05, 0.1) is 6.61 Å². The summed E-state index contributed by atoms with van der Waals surface area (Å²) in [6.07, 6.45) is 8.46. The van der Waals surface area contributed by atoms with Gasteiger partial charge in [0.1, 0.15) is 0 Å². The highest BCUT2D eigenvalue weighted by Crippen LogP contribution is 2.23. The van der Waals surface area contributed by atoms with Gasteiger partial charge in [-0.05, 0) is 62.4 Å². The van der Waals surface area contributed by atoms with Crippen LogP contribution >= 0.6 is 0 Å². The summed E-state index contributed by atoms with van der Waals surface area (Å²) in [6.45, 7) is 5.02. The fourth-order valence-corrected chi connectivity index (χ4v) is 4.69. The predicted molar refractivity (Wildman–Crippen MR) is 138 cm³/mol. The zero-order valence-corrected chi connectivity index (χ0v) is 20.7. The highest BCUT2D eigenvalue weighted by molar-refractivity contribution is 5.68. The molecule has 36 heavy (non-hydrogen) atoms. The lowest BCUT2D eigenvalue weighted by molar-refractivity contribution is 0.105. The van der Waals surface area contributed by atoms with Crippen molar-refractivity contribution in [3.05, 3.63) is 41.7 Å². The average Bonchev–Trinajstić information content (AvgIpc) is 3.25. The minimum atomic E-state index is -0.241. The first-order valence-corrected chi connectivity index (χ1v) is 12.7. The number of aryl methyl sites for hydroxylation is 2. The number of nitrogens with one attached hydrogen (secondary N) is 1. The number of benzene rings is 1. The van der Waals surface area contributed by atoms with Gasteiger partial charge < -0.3 is 25.6 Å². The Morgan fingerprint density at radius 3 is 2.53 bits per heavy atom. The van der Waals surface area contributed by atoms with Crippen molar-refractivity contribution in [2.75, 3.05) is 48.7 Å². The van der Waals surface area contributed by atoms with Crippen LogP contribution in [0.5, 0.6) is 0 Å². The molecule has 0 unspecified atom stereocenters. The Morgan fingerprint density at radius 1 is 1.03 bits per heavy atom. The van der Waals surface area contributed by atoms with E-state index in [1.54, 1.807) is 4.90 Å². The van der Waals surface area contributed by atoms with Gasteiger partial charge in [0.15, 0.2) is 0 Å².